The van der Waals surface area contributed by atoms with Gasteiger partial charge in [-0.3, -0.25) is 4.79 Å². The number of carbonyl (C=O) groups excluding carboxylic acids is 1. The highest BCUT2D eigenvalue weighted by Gasteiger charge is 2.23. The molecule has 5 heteroatoms. The molecule has 2 aromatic rings. The molecule has 0 radical (unpaired) electrons. The Morgan fingerprint density at radius 3 is 2.70 bits per heavy atom. The first-order valence-corrected chi connectivity index (χ1v) is 7.74. The first-order valence-electron chi connectivity index (χ1n) is 7.74. The molecule has 1 amide bonds. The second kappa shape index (κ2) is 6.69. The minimum atomic E-state index is -1.31. The molecule has 1 saturated heterocycles. The highest BCUT2D eigenvalue weighted by atomic mass is 19.1. The van der Waals surface area contributed by atoms with Crippen LogP contribution in [-0.2, 0) is 11.2 Å². The monoisotopic (exact) mass is 313 g/mol. The van der Waals surface area contributed by atoms with Crippen LogP contribution in [-0.4, -0.2) is 12.5 Å². The van der Waals surface area contributed by atoms with Gasteiger partial charge in [-0.2, -0.15) is 0 Å². The van der Waals surface area contributed by atoms with Gasteiger partial charge in [0.25, 0.3) is 0 Å². The van der Waals surface area contributed by atoms with Crippen LogP contribution in [0.3, 0.4) is 0 Å². The molecule has 2 atom stereocenters. The molecule has 1 heterocycles. The number of nitrogens with two attached hydrogens (primary N) is 1. The van der Waals surface area contributed by atoms with Crippen molar-refractivity contribution in [3.05, 3.63) is 59.7 Å². The summed E-state index contributed by atoms with van der Waals surface area (Å²) >= 11 is 0. The van der Waals surface area contributed by atoms with Crippen molar-refractivity contribution in [3.8, 4) is 0 Å². The fourth-order valence-corrected chi connectivity index (χ4v) is 2.81. The predicted octanol–water partition coefficient (Wildman–Crippen LogP) is 3.03. The summed E-state index contributed by atoms with van der Waals surface area (Å²) in [6.07, 6.45) is 0.284. The van der Waals surface area contributed by atoms with Gasteiger partial charge in [-0.1, -0.05) is 24.3 Å². The van der Waals surface area contributed by atoms with Crippen LogP contribution < -0.4 is 16.4 Å². The molecule has 1 aliphatic heterocycles. The molecular formula is C18H20FN3O. The van der Waals surface area contributed by atoms with E-state index in [1.54, 1.807) is 24.3 Å². The summed E-state index contributed by atoms with van der Waals surface area (Å²) in [6, 6.07) is 14.3. The third-order valence-electron chi connectivity index (χ3n) is 4.10. The number of nitrogen functional groups attached to an aromatic ring is 1. The molecule has 4 nitrogen and oxygen atoms in total. The topological polar surface area (TPSA) is 67.2 Å². The molecule has 4 N–H and O–H groups in total. The van der Waals surface area contributed by atoms with Crippen LogP contribution >= 0.6 is 0 Å². The van der Waals surface area contributed by atoms with Crippen molar-refractivity contribution in [2.45, 2.75) is 19.1 Å². The molecule has 2 aromatic carbocycles. The van der Waals surface area contributed by atoms with Gasteiger partial charge in [0.05, 0.1) is 0 Å². The van der Waals surface area contributed by atoms with Crippen LogP contribution in [0.25, 0.3) is 0 Å². The zero-order valence-electron chi connectivity index (χ0n) is 12.8. The van der Waals surface area contributed by atoms with Gasteiger partial charge >= 0.3 is 0 Å². The lowest BCUT2D eigenvalue weighted by molar-refractivity contribution is -0.122. The molecular weight excluding hydrogens is 293 g/mol. The molecule has 0 bridgehead atoms. The zero-order valence-corrected chi connectivity index (χ0v) is 12.8. The molecule has 1 fully saturated rings. The average molecular weight is 313 g/mol. The third kappa shape index (κ3) is 3.80. The second-order valence-corrected chi connectivity index (χ2v) is 5.85. The summed E-state index contributed by atoms with van der Waals surface area (Å²) in [5.74, 6) is 0.174. The van der Waals surface area contributed by atoms with Gasteiger partial charge in [-0.25, -0.2) is 4.39 Å². The molecule has 2 unspecified atom stereocenters. The van der Waals surface area contributed by atoms with Crippen molar-refractivity contribution >= 4 is 17.3 Å². The summed E-state index contributed by atoms with van der Waals surface area (Å²) in [6.45, 7) is 0.757. The van der Waals surface area contributed by atoms with Gasteiger partial charge in [-0.15, -0.1) is 0 Å². The van der Waals surface area contributed by atoms with Crippen molar-refractivity contribution in [2.75, 3.05) is 17.6 Å². The van der Waals surface area contributed by atoms with E-state index in [-0.39, 0.29) is 11.8 Å². The average Bonchev–Trinajstić information content (AvgIpc) is 2.94. The minimum Gasteiger partial charge on any atom is -0.399 e. The molecule has 3 rings (SSSR count). The predicted molar refractivity (Wildman–Crippen MR) is 89.6 cm³/mol. The summed E-state index contributed by atoms with van der Waals surface area (Å²) in [4.78, 5) is 11.6. The van der Waals surface area contributed by atoms with Crippen LogP contribution in [0.1, 0.15) is 23.8 Å². The quantitative estimate of drug-likeness (QED) is 0.587. The van der Waals surface area contributed by atoms with Crippen molar-refractivity contribution in [1.82, 2.24) is 5.32 Å². The van der Waals surface area contributed by atoms with E-state index in [9.17, 15) is 9.18 Å². The van der Waals surface area contributed by atoms with E-state index in [0.717, 1.165) is 24.9 Å². The number of alkyl halides is 1. The fourth-order valence-electron chi connectivity index (χ4n) is 2.81. The smallest absolute Gasteiger partial charge is 0.223 e. The van der Waals surface area contributed by atoms with Gasteiger partial charge in [0.2, 0.25) is 5.91 Å². The van der Waals surface area contributed by atoms with Crippen LogP contribution in [0.2, 0.25) is 0 Å². The number of rotatable bonds is 5. The zero-order chi connectivity index (χ0) is 16.2. The summed E-state index contributed by atoms with van der Waals surface area (Å²) < 4.78 is 14.3. The Labute approximate surface area is 134 Å². The Morgan fingerprint density at radius 1 is 1.26 bits per heavy atom. The maximum absolute atomic E-state index is 14.3. The van der Waals surface area contributed by atoms with Crippen LogP contribution in [0, 0.1) is 5.92 Å². The molecule has 0 aliphatic carbocycles. The van der Waals surface area contributed by atoms with Gasteiger partial charge in [0.1, 0.15) is 0 Å². The standard InChI is InChI=1S/C18H20FN3O/c19-17(13-2-1-3-15(20)11-13)22-16-6-4-12(5-7-16)10-14-8-9-21-18(14)23/h1-7,11,14,17,22H,8-10,20H2,(H,21,23). The Kier molecular flexibility index (Phi) is 4.46. The van der Waals surface area contributed by atoms with Gasteiger partial charge in [0, 0.05) is 29.4 Å². The van der Waals surface area contributed by atoms with Crippen molar-refractivity contribution < 1.29 is 9.18 Å². The summed E-state index contributed by atoms with van der Waals surface area (Å²) in [7, 11) is 0. The Balaban J connectivity index is 1.62. The van der Waals surface area contributed by atoms with E-state index in [1.807, 2.05) is 24.3 Å². The number of hydrogen-bond donors (Lipinski definition) is 3. The molecule has 0 aromatic heterocycles. The number of carbonyl (C=O) groups is 1. The van der Waals surface area contributed by atoms with Gasteiger partial charge in [0.15, 0.2) is 6.30 Å². The minimum absolute atomic E-state index is 0.0510. The maximum atomic E-state index is 14.3. The van der Waals surface area contributed by atoms with Crippen molar-refractivity contribution in [1.29, 1.82) is 0 Å². The van der Waals surface area contributed by atoms with Crippen LogP contribution in [0.4, 0.5) is 15.8 Å². The van der Waals surface area contributed by atoms with Crippen LogP contribution in [0.15, 0.2) is 48.5 Å². The van der Waals surface area contributed by atoms with Crippen molar-refractivity contribution in [3.63, 3.8) is 0 Å². The second-order valence-electron chi connectivity index (χ2n) is 5.85. The van der Waals surface area contributed by atoms with E-state index in [1.165, 1.54) is 0 Å². The number of hydrogen-bond acceptors (Lipinski definition) is 3. The lowest BCUT2D eigenvalue weighted by Gasteiger charge is -2.14. The lowest BCUT2D eigenvalue weighted by Crippen LogP contribution is -2.20. The number of anilines is 2. The number of nitrogens with one attached hydrogen (secondary N) is 2. The molecule has 1 aliphatic rings. The first kappa shape index (κ1) is 15.3. The van der Waals surface area contributed by atoms with Gasteiger partial charge in [-0.05, 0) is 42.7 Å². The van der Waals surface area contributed by atoms with Crippen LogP contribution in [0.5, 0.6) is 0 Å². The maximum Gasteiger partial charge on any atom is 0.223 e. The Morgan fingerprint density at radius 2 is 2.04 bits per heavy atom. The molecule has 120 valence electrons. The Hall–Kier alpha value is -2.56. The number of benzene rings is 2. The summed E-state index contributed by atoms with van der Waals surface area (Å²) in [5.41, 5.74) is 8.48. The largest absolute Gasteiger partial charge is 0.399 e. The highest BCUT2D eigenvalue weighted by molar-refractivity contribution is 5.80. The lowest BCUT2D eigenvalue weighted by atomic mass is 9.98. The van der Waals surface area contributed by atoms with E-state index in [4.69, 9.17) is 5.73 Å². The van der Waals surface area contributed by atoms with E-state index in [2.05, 4.69) is 10.6 Å². The number of amides is 1. The highest BCUT2D eigenvalue weighted by Crippen LogP contribution is 2.23. The van der Waals surface area contributed by atoms with Crippen molar-refractivity contribution in [2.24, 2.45) is 5.92 Å². The van der Waals surface area contributed by atoms with E-state index < -0.39 is 6.30 Å². The molecule has 0 saturated carbocycles. The number of halogens is 1. The third-order valence-corrected chi connectivity index (χ3v) is 4.10. The van der Waals surface area contributed by atoms with Gasteiger partial charge < -0.3 is 16.4 Å². The fraction of sp³-hybridized carbons (Fsp3) is 0.278. The normalized spacial score (nSPS) is 18.5. The molecule has 0 spiro atoms. The van der Waals surface area contributed by atoms with E-state index >= 15 is 0 Å². The summed E-state index contributed by atoms with van der Waals surface area (Å²) in [5, 5.41) is 5.65. The molecule has 23 heavy (non-hydrogen) atoms. The van der Waals surface area contributed by atoms with E-state index in [0.29, 0.717) is 16.9 Å². The SMILES string of the molecule is Nc1cccc(C(F)Nc2ccc(CC3CCNC3=O)cc2)c1. The Bertz CT molecular complexity index is 687. The first-order chi connectivity index (χ1) is 11.1.